The van der Waals surface area contributed by atoms with Crippen molar-refractivity contribution in [3.63, 3.8) is 0 Å². The number of Topliss-reactive ketones (excluding diaryl/α,β-unsaturated/α-hetero) is 1. The quantitative estimate of drug-likeness (QED) is 0.276. The molecule has 12 heteroatoms. The van der Waals surface area contributed by atoms with Crippen molar-refractivity contribution in [2.75, 3.05) is 55.7 Å². The summed E-state index contributed by atoms with van der Waals surface area (Å²) in [5, 5.41) is 11.2. The van der Waals surface area contributed by atoms with E-state index in [-0.39, 0.29) is 29.2 Å². The third-order valence-electron chi connectivity index (χ3n) is 5.99. The third-order valence-corrected chi connectivity index (χ3v) is 7.81. The van der Waals surface area contributed by atoms with Gasteiger partial charge in [-0.2, -0.15) is 0 Å². The van der Waals surface area contributed by atoms with E-state index in [0.29, 0.717) is 22.8 Å². The first-order valence-electron chi connectivity index (χ1n) is 11.1. The number of ketones is 1. The molecule has 0 unspecified atom stereocenters. The Bertz CT molecular complexity index is 1290. The number of methoxy groups -OCH3 is 4. The molecule has 0 aliphatic carbocycles. The molecule has 11 nitrogen and oxygen atoms in total. The lowest BCUT2D eigenvalue weighted by molar-refractivity contribution is -0.140. The molecule has 1 aliphatic rings. The van der Waals surface area contributed by atoms with Crippen LogP contribution in [0.3, 0.4) is 0 Å². The molecule has 1 saturated heterocycles. The number of benzene rings is 2. The second kappa shape index (κ2) is 11.2. The summed E-state index contributed by atoms with van der Waals surface area (Å²) in [5.74, 6) is -1.24. The van der Waals surface area contributed by atoms with Crippen molar-refractivity contribution in [1.29, 1.82) is 0 Å². The van der Waals surface area contributed by atoms with Gasteiger partial charge in [0, 0.05) is 33.3 Å². The Kier molecular flexibility index (Phi) is 8.46. The Morgan fingerprint density at radius 1 is 0.973 bits per heavy atom. The summed E-state index contributed by atoms with van der Waals surface area (Å²) < 4.78 is 47.3. The van der Waals surface area contributed by atoms with Gasteiger partial charge in [-0.3, -0.25) is 9.59 Å². The zero-order valence-electron chi connectivity index (χ0n) is 21.5. The van der Waals surface area contributed by atoms with Gasteiger partial charge in [0.2, 0.25) is 15.8 Å². The van der Waals surface area contributed by atoms with Crippen molar-refractivity contribution in [1.82, 2.24) is 9.21 Å². The Balaban J connectivity index is 2.23. The van der Waals surface area contributed by atoms with Crippen molar-refractivity contribution in [3.05, 3.63) is 53.1 Å². The molecule has 3 rings (SSSR count). The van der Waals surface area contributed by atoms with Gasteiger partial charge in [-0.05, 0) is 42.0 Å². The summed E-state index contributed by atoms with van der Waals surface area (Å²) in [6, 6.07) is 7.57. The average Bonchev–Trinajstić information content (AvgIpc) is 3.15. The van der Waals surface area contributed by atoms with E-state index >= 15 is 0 Å². The van der Waals surface area contributed by atoms with Gasteiger partial charge in [-0.25, -0.2) is 12.7 Å². The maximum absolute atomic E-state index is 13.2. The van der Waals surface area contributed by atoms with E-state index in [2.05, 4.69) is 0 Å². The molecule has 0 radical (unpaired) electrons. The molecule has 0 aromatic heterocycles. The second-order valence-electron chi connectivity index (χ2n) is 8.26. The van der Waals surface area contributed by atoms with Crippen LogP contribution in [-0.4, -0.2) is 90.1 Å². The third kappa shape index (κ3) is 5.13. The van der Waals surface area contributed by atoms with Gasteiger partial charge in [0.1, 0.15) is 5.76 Å². The lowest BCUT2D eigenvalue weighted by atomic mass is 9.94. The molecular weight excluding hydrogens is 504 g/mol. The predicted molar refractivity (Wildman–Crippen MR) is 134 cm³/mol. The summed E-state index contributed by atoms with van der Waals surface area (Å²) in [7, 11) is 4.90. The standard InChI is InChI=1S/C25H30N2O9S/c1-26(2)37(31,32)17-9-7-15(8-10-17)22(28)20-21(27(11-12-33-3)25(30)23(20)29)16-13-18(34-4)24(36-6)19(14-16)35-5/h7-10,13-14,21,28H,11-12H2,1-6H3/t21-/m1/s1. The fraction of sp³-hybridized carbons (Fsp3) is 0.360. The number of carbonyl (C=O) groups excluding carboxylic acids is 2. The summed E-state index contributed by atoms with van der Waals surface area (Å²) in [6.07, 6.45) is 0. The highest BCUT2D eigenvalue weighted by Crippen LogP contribution is 2.45. The normalized spacial score (nSPS) is 17.4. The molecule has 1 aliphatic heterocycles. The Morgan fingerprint density at radius 2 is 1.54 bits per heavy atom. The van der Waals surface area contributed by atoms with Gasteiger partial charge in [-0.1, -0.05) is 0 Å². The minimum atomic E-state index is -3.70. The van der Waals surface area contributed by atoms with E-state index in [1.807, 2.05) is 0 Å². The predicted octanol–water partition coefficient (Wildman–Crippen LogP) is 2.03. The summed E-state index contributed by atoms with van der Waals surface area (Å²) in [4.78, 5) is 27.5. The Labute approximate surface area is 215 Å². The van der Waals surface area contributed by atoms with Crippen LogP contribution in [0.5, 0.6) is 17.2 Å². The number of sulfonamides is 1. The number of rotatable bonds is 10. The lowest BCUT2D eigenvalue weighted by Crippen LogP contribution is -2.32. The van der Waals surface area contributed by atoms with E-state index in [0.717, 1.165) is 4.31 Å². The number of aliphatic hydroxyl groups is 1. The van der Waals surface area contributed by atoms with Crippen molar-refractivity contribution >= 4 is 27.5 Å². The van der Waals surface area contributed by atoms with E-state index < -0.39 is 33.5 Å². The number of hydrogen-bond acceptors (Lipinski definition) is 9. The van der Waals surface area contributed by atoms with E-state index in [1.54, 1.807) is 12.1 Å². The monoisotopic (exact) mass is 534 g/mol. The number of ether oxygens (including phenoxy) is 4. The highest BCUT2D eigenvalue weighted by molar-refractivity contribution is 7.89. The number of hydrogen-bond donors (Lipinski definition) is 1. The van der Waals surface area contributed by atoms with Crippen molar-refractivity contribution < 1.29 is 42.1 Å². The molecule has 1 amide bonds. The Hall–Kier alpha value is -3.61. The van der Waals surface area contributed by atoms with Crippen LogP contribution in [0.2, 0.25) is 0 Å². The molecule has 37 heavy (non-hydrogen) atoms. The fourth-order valence-electron chi connectivity index (χ4n) is 4.06. The fourth-order valence-corrected chi connectivity index (χ4v) is 4.96. The van der Waals surface area contributed by atoms with Crippen LogP contribution in [0.25, 0.3) is 5.76 Å². The van der Waals surface area contributed by atoms with Gasteiger partial charge in [-0.15, -0.1) is 0 Å². The van der Waals surface area contributed by atoms with E-state index in [1.165, 1.54) is 71.7 Å². The van der Waals surface area contributed by atoms with Gasteiger partial charge in [0.25, 0.3) is 11.7 Å². The minimum Gasteiger partial charge on any atom is -0.507 e. The zero-order valence-corrected chi connectivity index (χ0v) is 22.3. The Morgan fingerprint density at radius 3 is 2.00 bits per heavy atom. The van der Waals surface area contributed by atoms with Gasteiger partial charge >= 0.3 is 0 Å². The average molecular weight is 535 g/mol. The first-order chi connectivity index (χ1) is 17.5. The molecule has 1 fully saturated rings. The number of carbonyl (C=O) groups is 2. The zero-order chi connectivity index (χ0) is 27.5. The summed E-state index contributed by atoms with van der Waals surface area (Å²) in [5.41, 5.74) is 0.427. The molecule has 2 aromatic carbocycles. The minimum absolute atomic E-state index is 0.00998. The SMILES string of the molecule is COCCN1C(=O)C(=O)C(=C(O)c2ccc(S(=O)(=O)N(C)C)cc2)[C@H]1c1cc(OC)c(OC)c(OC)c1. The van der Waals surface area contributed by atoms with Crippen LogP contribution in [0.15, 0.2) is 46.9 Å². The van der Waals surface area contributed by atoms with Gasteiger partial charge in [0.05, 0.1) is 44.4 Å². The molecule has 1 atom stereocenters. The van der Waals surface area contributed by atoms with E-state index in [4.69, 9.17) is 18.9 Å². The first-order valence-corrected chi connectivity index (χ1v) is 12.6. The molecular formula is C25H30N2O9S. The number of likely N-dealkylation sites (tertiary alicyclic amines) is 1. The highest BCUT2D eigenvalue weighted by Gasteiger charge is 2.46. The van der Waals surface area contributed by atoms with Crippen LogP contribution in [-0.2, 0) is 24.3 Å². The maximum Gasteiger partial charge on any atom is 0.295 e. The molecule has 0 saturated carbocycles. The maximum atomic E-state index is 13.2. The van der Waals surface area contributed by atoms with Crippen molar-refractivity contribution in [2.45, 2.75) is 10.9 Å². The molecule has 0 bridgehead atoms. The molecule has 1 heterocycles. The van der Waals surface area contributed by atoms with Crippen LogP contribution < -0.4 is 14.2 Å². The number of nitrogens with zero attached hydrogens (tertiary/aromatic N) is 2. The van der Waals surface area contributed by atoms with E-state index in [9.17, 15) is 23.1 Å². The molecule has 2 aromatic rings. The van der Waals surface area contributed by atoms with Crippen LogP contribution in [0.1, 0.15) is 17.2 Å². The lowest BCUT2D eigenvalue weighted by Gasteiger charge is -2.26. The number of amides is 1. The van der Waals surface area contributed by atoms with Crippen LogP contribution >= 0.6 is 0 Å². The summed E-state index contributed by atoms with van der Waals surface area (Å²) in [6.45, 7) is 0.213. The molecule has 0 spiro atoms. The largest absolute Gasteiger partial charge is 0.507 e. The number of aliphatic hydroxyl groups excluding tert-OH is 1. The second-order valence-corrected chi connectivity index (χ2v) is 10.4. The highest BCUT2D eigenvalue weighted by atomic mass is 32.2. The molecule has 200 valence electrons. The first kappa shape index (κ1) is 28.0. The topological polar surface area (TPSA) is 132 Å². The van der Waals surface area contributed by atoms with Gasteiger partial charge in [0.15, 0.2) is 11.5 Å². The van der Waals surface area contributed by atoms with Gasteiger partial charge < -0.3 is 29.0 Å². The summed E-state index contributed by atoms with van der Waals surface area (Å²) >= 11 is 0. The molecule has 1 N–H and O–H groups in total. The van der Waals surface area contributed by atoms with Crippen molar-refractivity contribution in [2.24, 2.45) is 0 Å². The van der Waals surface area contributed by atoms with Crippen molar-refractivity contribution in [3.8, 4) is 17.2 Å². The smallest absolute Gasteiger partial charge is 0.295 e. The van der Waals surface area contributed by atoms with Crippen LogP contribution in [0.4, 0.5) is 0 Å². The van der Waals surface area contributed by atoms with Crippen LogP contribution in [0, 0.1) is 0 Å².